The van der Waals surface area contributed by atoms with Crippen LogP contribution >= 0.6 is 11.6 Å². The van der Waals surface area contributed by atoms with Crippen LogP contribution in [-0.4, -0.2) is 16.8 Å². The molecule has 3 nitrogen and oxygen atoms in total. The Balaban J connectivity index is 2.22. The number of aromatic amines is 1. The van der Waals surface area contributed by atoms with Crippen LogP contribution in [0.2, 0.25) is 0 Å². The summed E-state index contributed by atoms with van der Waals surface area (Å²) in [4.78, 5) is 13.9. The second kappa shape index (κ2) is 4.83. The van der Waals surface area contributed by atoms with Crippen molar-refractivity contribution in [3.63, 3.8) is 0 Å². The minimum atomic E-state index is -0.0143. The molecule has 1 aromatic heterocycles. The Morgan fingerprint density at radius 3 is 3.08 bits per heavy atom. The van der Waals surface area contributed by atoms with Gasteiger partial charge < -0.3 is 10.3 Å². The lowest BCUT2D eigenvalue weighted by molar-refractivity contribution is -0.120. The Morgan fingerprint density at radius 1 is 1.67 bits per heavy atom. The third-order valence-electron chi connectivity index (χ3n) is 1.46. The van der Waals surface area contributed by atoms with Gasteiger partial charge in [-0.3, -0.25) is 4.79 Å². The first-order valence-electron chi connectivity index (χ1n) is 3.78. The summed E-state index contributed by atoms with van der Waals surface area (Å²) in [7, 11) is 0. The monoisotopic (exact) mass is 186 g/mol. The van der Waals surface area contributed by atoms with Crippen molar-refractivity contribution in [2.45, 2.75) is 13.0 Å². The summed E-state index contributed by atoms with van der Waals surface area (Å²) in [6, 6.07) is 3.81. The number of amides is 1. The second-order valence-corrected chi connectivity index (χ2v) is 2.79. The summed E-state index contributed by atoms with van der Waals surface area (Å²) in [6.45, 7) is 0.544. The molecule has 0 aliphatic heterocycles. The summed E-state index contributed by atoms with van der Waals surface area (Å²) < 4.78 is 0. The number of carbonyl (C=O) groups excluding carboxylic acids is 1. The lowest BCUT2D eigenvalue weighted by Crippen LogP contribution is -2.22. The van der Waals surface area contributed by atoms with E-state index in [9.17, 15) is 4.79 Å². The predicted octanol–water partition coefficient (Wildman–Crippen LogP) is 1.26. The van der Waals surface area contributed by atoms with Crippen molar-refractivity contribution in [3.8, 4) is 0 Å². The van der Waals surface area contributed by atoms with Crippen molar-refractivity contribution in [1.82, 2.24) is 10.3 Å². The van der Waals surface area contributed by atoms with E-state index in [1.165, 1.54) is 0 Å². The molecule has 4 heteroatoms. The van der Waals surface area contributed by atoms with Crippen molar-refractivity contribution in [3.05, 3.63) is 24.0 Å². The molecule has 0 fully saturated rings. The predicted molar refractivity (Wildman–Crippen MR) is 48.0 cm³/mol. The Morgan fingerprint density at radius 2 is 2.50 bits per heavy atom. The van der Waals surface area contributed by atoms with E-state index in [0.29, 0.717) is 18.8 Å². The number of nitrogens with one attached hydrogen (secondary N) is 2. The Hall–Kier alpha value is -0.960. The lowest BCUT2D eigenvalue weighted by atomic mass is 10.4. The fourth-order valence-electron chi connectivity index (χ4n) is 0.846. The minimum Gasteiger partial charge on any atom is -0.364 e. The number of carbonyl (C=O) groups is 1. The third kappa shape index (κ3) is 2.96. The highest BCUT2D eigenvalue weighted by Gasteiger charge is 1.98. The molecular formula is C8H11ClN2O. The average Bonchev–Trinajstić information content (AvgIpc) is 2.53. The van der Waals surface area contributed by atoms with E-state index in [4.69, 9.17) is 11.6 Å². The Labute approximate surface area is 76.1 Å². The molecule has 0 spiro atoms. The fraction of sp³-hybridized carbons (Fsp3) is 0.375. The molecule has 1 aromatic rings. The SMILES string of the molecule is O=C(CCCl)NCc1ccc[nH]1. The van der Waals surface area contributed by atoms with Gasteiger partial charge in [-0.25, -0.2) is 0 Å². The molecule has 0 atom stereocenters. The van der Waals surface area contributed by atoms with Gasteiger partial charge >= 0.3 is 0 Å². The molecule has 1 heterocycles. The molecule has 0 bridgehead atoms. The fourth-order valence-corrected chi connectivity index (χ4v) is 1.02. The van der Waals surface area contributed by atoms with E-state index in [-0.39, 0.29) is 5.91 Å². The van der Waals surface area contributed by atoms with Gasteiger partial charge in [-0.2, -0.15) is 0 Å². The smallest absolute Gasteiger partial charge is 0.221 e. The molecule has 0 unspecified atom stereocenters. The summed E-state index contributed by atoms with van der Waals surface area (Å²) in [6.07, 6.45) is 2.20. The van der Waals surface area contributed by atoms with E-state index in [1.54, 1.807) is 0 Å². The van der Waals surface area contributed by atoms with Gasteiger partial charge in [0.05, 0.1) is 6.54 Å². The summed E-state index contributed by atoms with van der Waals surface area (Å²) in [5, 5.41) is 2.73. The molecule has 2 N–H and O–H groups in total. The minimum absolute atomic E-state index is 0.0143. The maximum absolute atomic E-state index is 10.9. The van der Waals surface area contributed by atoms with Crippen LogP contribution in [0.5, 0.6) is 0 Å². The number of aromatic nitrogens is 1. The molecule has 0 aliphatic carbocycles. The van der Waals surface area contributed by atoms with E-state index in [1.807, 2.05) is 18.3 Å². The first-order chi connectivity index (χ1) is 5.83. The Kier molecular flexibility index (Phi) is 3.67. The van der Waals surface area contributed by atoms with Crippen LogP contribution < -0.4 is 5.32 Å². The van der Waals surface area contributed by atoms with Gasteiger partial charge in [-0.05, 0) is 12.1 Å². The molecule has 0 aromatic carbocycles. The van der Waals surface area contributed by atoms with Crippen LogP contribution in [0.15, 0.2) is 18.3 Å². The number of hydrogen-bond acceptors (Lipinski definition) is 1. The highest BCUT2D eigenvalue weighted by molar-refractivity contribution is 6.18. The normalized spacial score (nSPS) is 9.75. The van der Waals surface area contributed by atoms with Gasteiger partial charge in [0.15, 0.2) is 0 Å². The number of halogens is 1. The zero-order chi connectivity index (χ0) is 8.81. The number of alkyl halides is 1. The lowest BCUT2D eigenvalue weighted by Gasteiger charge is -2.00. The molecular weight excluding hydrogens is 176 g/mol. The van der Waals surface area contributed by atoms with Crippen LogP contribution in [0.25, 0.3) is 0 Å². The first kappa shape index (κ1) is 9.13. The number of rotatable bonds is 4. The van der Waals surface area contributed by atoms with Crippen LogP contribution in [0.1, 0.15) is 12.1 Å². The molecule has 66 valence electrons. The second-order valence-electron chi connectivity index (χ2n) is 2.41. The van der Waals surface area contributed by atoms with Crippen molar-refractivity contribution in [2.24, 2.45) is 0 Å². The van der Waals surface area contributed by atoms with E-state index in [0.717, 1.165) is 5.69 Å². The van der Waals surface area contributed by atoms with Crippen LogP contribution in [0.4, 0.5) is 0 Å². The van der Waals surface area contributed by atoms with E-state index < -0.39 is 0 Å². The van der Waals surface area contributed by atoms with Gasteiger partial charge in [-0.15, -0.1) is 11.6 Å². The highest BCUT2D eigenvalue weighted by atomic mass is 35.5. The summed E-state index contributed by atoms with van der Waals surface area (Å²) >= 11 is 5.39. The molecule has 0 saturated carbocycles. The molecule has 0 saturated heterocycles. The Bertz CT molecular complexity index is 233. The van der Waals surface area contributed by atoms with E-state index >= 15 is 0 Å². The quantitative estimate of drug-likeness (QED) is 0.684. The standard InChI is InChI=1S/C8H11ClN2O/c9-4-3-8(12)11-6-7-2-1-5-10-7/h1-2,5,10H,3-4,6H2,(H,11,12). The summed E-state index contributed by atoms with van der Waals surface area (Å²) in [5.74, 6) is 0.357. The molecule has 1 rings (SSSR count). The highest BCUT2D eigenvalue weighted by Crippen LogP contribution is 1.93. The largest absolute Gasteiger partial charge is 0.364 e. The van der Waals surface area contributed by atoms with Gasteiger partial charge in [-0.1, -0.05) is 0 Å². The zero-order valence-corrected chi connectivity index (χ0v) is 7.40. The van der Waals surface area contributed by atoms with Gasteiger partial charge in [0.1, 0.15) is 0 Å². The zero-order valence-electron chi connectivity index (χ0n) is 6.64. The number of H-pyrrole nitrogens is 1. The maximum Gasteiger partial charge on any atom is 0.221 e. The van der Waals surface area contributed by atoms with E-state index in [2.05, 4.69) is 10.3 Å². The third-order valence-corrected chi connectivity index (χ3v) is 1.65. The first-order valence-corrected chi connectivity index (χ1v) is 4.31. The maximum atomic E-state index is 10.9. The molecule has 1 amide bonds. The van der Waals surface area contributed by atoms with Gasteiger partial charge in [0, 0.05) is 24.2 Å². The van der Waals surface area contributed by atoms with Gasteiger partial charge in [0.25, 0.3) is 0 Å². The van der Waals surface area contributed by atoms with Gasteiger partial charge in [0.2, 0.25) is 5.91 Å². The van der Waals surface area contributed by atoms with Crippen LogP contribution in [0.3, 0.4) is 0 Å². The van der Waals surface area contributed by atoms with Crippen LogP contribution in [0, 0.1) is 0 Å². The molecule has 0 aliphatic rings. The van der Waals surface area contributed by atoms with Crippen molar-refractivity contribution >= 4 is 17.5 Å². The molecule has 0 radical (unpaired) electrons. The van der Waals surface area contributed by atoms with Crippen molar-refractivity contribution in [1.29, 1.82) is 0 Å². The number of hydrogen-bond donors (Lipinski definition) is 2. The molecule has 12 heavy (non-hydrogen) atoms. The van der Waals surface area contributed by atoms with Crippen LogP contribution in [-0.2, 0) is 11.3 Å². The average molecular weight is 187 g/mol. The topological polar surface area (TPSA) is 44.9 Å². The van der Waals surface area contributed by atoms with Crippen molar-refractivity contribution < 1.29 is 4.79 Å². The summed E-state index contributed by atoms with van der Waals surface area (Å²) in [5.41, 5.74) is 0.998. The van der Waals surface area contributed by atoms with Crippen molar-refractivity contribution in [2.75, 3.05) is 5.88 Å².